The molecule has 6 nitrogen and oxygen atoms in total. The summed E-state index contributed by atoms with van der Waals surface area (Å²) in [5.74, 6) is 1.55. The van der Waals surface area contributed by atoms with Gasteiger partial charge in [0, 0.05) is 24.5 Å². The average molecular weight is 259 g/mol. The monoisotopic (exact) mass is 259 g/mol. The summed E-state index contributed by atoms with van der Waals surface area (Å²) in [7, 11) is 0. The molecule has 3 N–H and O–H groups in total. The minimum absolute atomic E-state index is 0.0864. The fraction of sp³-hybridized carbons (Fsp3) is 0.308. The van der Waals surface area contributed by atoms with Crippen LogP contribution in [0.3, 0.4) is 0 Å². The van der Waals surface area contributed by atoms with Gasteiger partial charge in [-0.25, -0.2) is 9.97 Å². The number of ether oxygens (including phenoxy) is 1. The molecule has 0 fully saturated rings. The number of pyridine rings is 1. The highest BCUT2D eigenvalue weighted by atomic mass is 16.5. The van der Waals surface area contributed by atoms with Crippen molar-refractivity contribution in [3.63, 3.8) is 0 Å². The second-order valence-electron chi connectivity index (χ2n) is 4.29. The van der Waals surface area contributed by atoms with E-state index >= 15 is 0 Å². The first-order valence-electron chi connectivity index (χ1n) is 6.08. The van der Waals surface area contributed by atoms with Crippen molar-refractivity contribution < 1.29 is 4.74 Å². The molecule has 2 heterocycles. The number of nitrogens with zero attached hydrogens (tertiary/aromatic N) is 3. The Labute approximate surface area is 112 Å². The van der Waals surface area contributed by atoms with Crippen molar-refractivity contribution in [3.05, 3.63) is 36.2 Å². The van der Waals surface area contributed by atoms with Gasteiger partial charge in [-0.1, -0.05) is 6.07 Å². The zero-order valence-electron chi connectivity index (χ0n) is 11.0. The molecule has 2 aromatic rings. The standard InChI is InChI=1S/C13H17N5O/c1-9(2)19-12-10(4-3-6-15-12)8-17-11-5-7-16-13(14)18-11/h3-7,9H,8H2,1-2H3,(H3,14,16,17,18). The van der Waals surface area contributed by atoms with Crippen molar-refractivity contribution in [2.75, 3.05) is 11.1 Å². The molecular weight excluding hydrogens is 242 g/mol. The molecule has 0 unspecified atom stereocenters. The van der Waals surface area contributed by atoms with Gasteiger partial charge in [-0.2, -0.15) is 4.98 Å². The number of anilines is 2. The van der Waals surface area contributed by atoms with E-state index in [1.54, 1.807) is 18.5 Å². The van der Waals surface area contributed by atoms with Gasteiger partial charge in [-0.05, 0) is 26.0 Å². The molecule has 19 heavy (non-hydrogen) atoms. The second-order valence-corrected chi connectivity index (χ2v) is 4.29. The molecule has 0 radical (unpaired) electrons. The number of rotatable bonds is 5. The zero-order chi connectivity index (χ0) is 13.7. The molecule has 6 heteroatoms. The number of nitrogen functional groups attached to an aromatic ring is 1. The third-order valence-electron chi connectivity index (χ3n) is 2.33. The lowest BCUT2D eigenvalue weighted by Crippen LogP contribution is -2.11. The predicted molar refractivity (Wildman–Crippen MR) is 73.8 cm³/mol. The third-order valence-corrected chi connectivity index (χ3v) is 2.33. The third kappa shape index (κ3) is 3.80. The van der Waals surface area contributed by atoms with Crippen molar-refractivity contribution in [3.8, 4) is 5.88 Å². The maximum absolute atomic E-state index is 5.65. The van der Waals surface area contributed by atoms with Crippen molar-refractivity contribution in [2.24, 2.45) is 0 Å². The van der Waals surface area contributed by atoms with Gasteiger partial charge in [0.15, 0.2) is 0 Å². The summed E-state index contributed by atoms with van der Waals surface area (Å²) in [6, 6.07) is 5.59. The predicted octanol–water partition coefficient (Wildman–Crippen LogP) is 1.85. The first-order chi connectivity index (χ1) is 9.15. The first kappa shape index (κ1) is 13.1. The molecule has 0 aromatic carbocycles. The molecule has 0 saturated heterocycles. The van der Waals surface area contributed by atoms with Gasteiger partial charge in [0.25, 0.3) is 0 Å². The molecule has 2 rings (SSSR count). The Balaban J connectivity index is 2.07. The zero-order valence-corrected chi connectivity index (χ0v) is 11.0. The van der Waals surface area contributed by atoms with Crippen LogP contribution in [0.5, 0.6) is 5.88 Å². The van der Waals surface area contributed by atoms with E-state index in [0.717, 1.165) is 5.56 Å². The smallest absolute Gasteiger partial charge is 0.221 e. The van der Waals surface area contributed by atoms with E-state index in [4.69, 9.17) is 10.5 Å². The lowest BCUT2D eigenvalue weighted by atomic mass is 10.2. The quantitative estimate of drug-likeness (QED) is 0.852. The molecule has 0 aliphatic rings. The van der Waals surface area contributed by atoms with Crippen LogP contribution in [0.4, 0.5) is 11.8 Å². The summed E-state index contributed by atoms with van der Waals surface area (Å²) in [5.41, 5.74) is 6.49. The second kappa shape index (κ2) is 5.99. The van der Waals surface area contributed by atoms with Gasteiger partial charge in [0.05, 0.1) is 6.10 Å². The van der Waals surface area contributed by atoms with Crippen molar-refractivity contribution in [1.82, 2.24) is 15.0 Å². The summed E-state index contributed by atoms with van der Waals surface area (Å²) in [5, 5.41) is 3.16. The minimum Gasteiger partial charge on any atom is -0.475 e. The molecule has 0 aliphatic heterocycles. The SMILES string of the molecule is CC(C)Oc1ncccc1CNc1ccnc(N)n1. The van der Waals surface area contributed by atoms with Crippen molar-refractivity contribution in [1.29, 1.82) is 0 Å². The first-order valence-corrected chi connectivity index (χ1v) is 6.08. The molecule has 0 atom stereocenters. The van der Waals surface area contributed by atoms with Crippen LogP contribution in [0.1, 0.15) is 19.4 Å². The topological polar surface area (TPSA) is 86.0 Å². The lowest BCUT2D eigenvalue weighted by Gasteiger charge is -2.13. The molecule has 0 amide bonds. The molecule has 0 saturated carbocycles. The largest absolute Gasteiger partial charge is 0.475 e. The van der Waals surface area contributed by atoms with Crippen LogP contribution < -0.4 is 15.8 Å². The Morgan fingerprint density at radius 2 is 2.11 bits per heavy atom. The lowest BCUT2D eigenvalue weighted by molar-refractivity contribution is 0.230. The van der Waals surface area contributed by atoms with Crippen LogP contribution in [0.25, 0.3) is 0 Å². The minimum atomic E-state index is 0.0864. The number of hydrogen-bond acceptors (Lipinski definition) is 6. The van der Waals surface area contributed by atoms with Crippen LogP contribution in [0.2, 0.25) is 0 Å². The fourth-order valence-corrected chi connectivity index (χ4v) is 1.55. The van der Waals surface area contributed by atoms with E-state index in [2.05, 4.69) is 20.3 Å². The molecule has 0 spiro atoms. The van der Waals surface area contributed by atoms with Gasteiger partial charge in [-0.15, -0.1) is 0 Å². The Bertz CT molecular complexity index is 544. The summed E-state index contributed by atoms with van der Waals surface area (Å²) in [6.07, 6.45) is 3.41. The van der Waals surface area contributed by atoms with Crippen LogP contribution >= 0.6 is 0 Å². The number of nitrogens with one attached hydrogen (secondary N) is 1. The van der Waals surface area contributed by atoms with E-state index in [9.17, 15) is 0 Å². The Morgan fingerprint density at radius 3 is 2.84 bits per heavy atom. The van der Waals surface area contributed by atoms with Crippen LogP contribution in [0, 0.1) is 0 Å². The van der Waals surface area contributed by atoms with Gasteiger partial charge in [0.1, 0.15) is 5.82 Å². The summed E-state index contributed by atoms with van der Waals surface area (Å²) >= 11 is 0. The highest BCUT2D eigenvalue weighted by Gasteiger charge is 2.06. The van der Waals surface area contributed by atoms with Crippen LogP contribution in [-0.2, 0) is 6.54 Å². The maximum atomic E-state index is 5.65. The van der Waals surface area contributed by atoms with Gasteiger partial charge in [-0.3, -0.25) is 0 Å². The maximum Gasteiger partial charge on any atom is 0.221 e. The molecule has 100 valence electrons. The van der Waals surface area contributed by atoms with E-state index in [-0.39, 0.29) is 12.1 Å². The van der Waals surface area contributed by atoms with E-state index in [0.29, 0.717) is 18.2 Å². The Kier molecular flexibility index (Phi) is 4.12. The summed E-state index contributed by atoms with van der Waals surface area (Å²) < 4.78 is 5.65. The number of hydrogen-bond donors (Lipinski definition) is 2. The number of nitrogens with two attached hydrogens (primary N) is 1. The van der Waals surface area contributed by atoms with Gasteiger partial charge < -0.3 is 15.8 Å². The van der Waals surface area contributed by atoms with Crippen LogP contribution in [0.15, 0.2) is 30.6 Å². The average Bonchev–Trinajstić information content (AvgIpc) is 2.37. The summed E-state index contributed by atoms with van der Waals surface area (Å²) in [4.78, 5) is 12.1. The number of aromatic nitrogens is 3. The van der Waals surface area contributed by atoms with E-state index in [1.165, 1.54) is 0 Å². The van der Waals surface area contributed by atoms with Gasteiger partial charge in [0.2, 0.25) is 11.8 Å². The molecular formula is C13H17N5O. The van der Waals surface area contributed by atoms with E-state index in [1.807, 2.05) is 26.0 Å². The highest BCUT2D eigenvalue weighted by Crippen LogP contribution is 2.17. The molecule has 0 bridgehead atoms. The normalized spacial score (nSPS) is 10.5. The Hall–Kier alpha value is -2.37. The Morgan fingerprint density at radius 1 is 1.26 bits per heavy atom. The molecule has 0 aliphatic carbocycles. The van der Waals surface area contributed by atoms with Gasteiger partial charge >= 0.3 is 0 Å². The summed E-state index contributed by atoms with van der Waals surface area (Å²) in [6.45, 7) is 4.50. The van der Waals surface area contributed by atoms with E-state index < -0.39 is 0 Å². The molecule has 2 aromatic heterocycles. The highest BCUT2D eigenvalue weighted by molar-refractivity contribution is 5.39. The van der Waals surface area contributed by atoms with Crippen molar-refractivity contribution >= 4 is 11.8 Å². The fourth-order valence-electron chi connectivity index (χ4n) is 1.55. The van der Waals surface area contributed by atoms with Crippen LogP contribution in [-0.4, -0.2) is 21.1 Å². The van der Waals surface area contributed by atoms with Crippen molar-refractivity contribution in [2.45, 2.75) is 26.5 Å².